The fraction of sp³-hybridized carbons (Fsp3) is 0.846. The van der Waals surface area contributed by atoms with E-state index in [4.69, 9.17) is 5.11 Å². The number of rotatable bonds is 7. The molecule has 0 aromatic carbocycles. The molecule has 104 valence electrons. The van der Waals surface area contributed by atoms with Gasteiger partial charge in [-0.05, 0) is 12.3 Å². The zero-order chi connectivity index (χ0) is 13.5. The first-order chi connectivity index (χ1) is 8.58. The molecule has 0 aromatic heterocycles. The van der Waals surface area contributed by atoms with Crippen LogP contribution in [0.2, 0.25) is 0 Å². The van der Waals surface area contributed by atoms with E-state index in [9.17, 15) is 9.59 Å². The van der Waals surface area contributed by atoms with Crippen LogP contribution in [0.15, 0.2) is 0 Å². The van der Waals surface area contributed by atoms with Gasteiger partial charge in [0.15, 0.2) is 0 Å². The number of amides is 2. The Hall–Kier alpha value is -1.26. The molecule has 1 rings (SSSR count). The lowest BCUT2D eigenvalue weighted by molar-refractivity contribution is -0.146. The number of hydrogen-bond donors (Lipinski definition) is 2. The molecule has 0 radical (unpaired) electrons. The van der Waals surface area contributed by atoms with Crippen LogP contribution in [-0.4, -0.2) is 41.6 Å². The molecule has 1 saturated heterocycles. The molecule has 1 heterocycles. The van der Waals surface area contributed by atoms with Crippen molar-refractivity contribution in [1.82, 2.24) is 10.2 Å². The second-order valence-corrected chi connectivity index (χ2v) is 5.04. The maximum atomic E-state index is 11.7. The number of nitrogens with one attached hydrogen (secondary N) is 1. The summed E-state index contributed by atoms with van der Waals surface area (Å²) in [5.41, 5.74) is 0. The van der Waals surface area contributed by atoms with Crippen molar-refractivity contribution < 1.29 is 14.7 Å². The lowest BCUT2D eigenvalue weighted by Crippen LogP contribution is -2.56. The maximum absolute atomic E-state index is 11.7. The van der Waals surface area contributed by atoms with Crippen LogP contribution >= 0.6 is 0 Å². The summed E-state index contributed by atoms with van der Waals surface area (Å²) in [6, 6.07) is -0.123. The minimum Gasteiger partial charge on any atom is -0.481 e. The van der Waals surface area contributed by atoms with Gasteiger partial charge < -0.3 is 15.3 Å². The molecule has 5 heteroatoms. The second-order valence-electron chi connectivity index (χ2n) is 5.04. The van der Waals surface area contributed by atoms with Gasteiger partial charge in [-0.1, -0.05) is 33.1 Å². The quantitative estimate of drug-likeness (QED) is 0.731. The van der Waals surface area contributed by atoms with Crippen molar-refractivity contribution in [1.29, 1.82) is 0 Å². The molecule has 1 aliphatic rings. The number of carbonyl (C=O) groups is 2. The van der Waals surface area contributed by atoms with Gasteiger partial charge in [-0.3, -0.25) is 4.79 Å². The number of likely N-dealkylation sites (tertiary alicyclic amines) is 1. The largest absolute Gasteiger partial charge is 0.481 e. The Bertz CT molecular complexity index is 288. The summed E-state index contributed by atoms with van der Waals surface area (Å²) in [6.07, 6.45) is 4.58. The summed E-state index contributed by atoms with van der Waals surface area (Å²) in [5, 5.41) is 11.6. The lowest BCUT2D eigenvalue weighted by atomic mass is 9.99. The highest BCUT2D eigenvalue weighted by molar-refractivity contribution is 5.79. The van der Waals surface area contributed by atoms with E-state index in [0.717, 1.165) is 12.8 Å². The number of hydrogen-bond acceptors (Lipinski definition) is 2. The average molecular weight is 256 g/mol. The summed E-state index contributed by atoms with van der Waals surface area (Å²) >= 11 is 0. The predicted molar refractivity (Wildman–Crippen MR) is 69.4 cm³/mol. The first-order valence-corrected chi connectivity index (χ1v) is 6.84. The van der Waals surface area contributed by atoms with Crippen LogP contribution in [0.1, 0.15) is 39.5 Å². The Morgan fingerprint density at radius 3 is 2.56 bits per heavy atom. The SMILES string of the molecule is CCCCC(CC)CNC(=O)N1CC(C(=O)O)C1. The van der Waals surface area contributed by atoms with Gasteiger partial charge in [-0.25, -0.2) is 4.79 Å². The third-order valence-electron chi connectivity index (χ3n) is 3.60. The highest BCUT2D eigenvalue weighted by atomic mass is 16.4. The van der Waals surface area contributed by atoms with Crippen LogP contribution in [0.3, 0.4) is 0 Å². The number of carboxylic acid groups (broad SMARTS) is 1. The Labute approximate surface area is 109 Å². The zero-order valence-electron chi connectivity index (χ0n) is 11.3. The van der Waals surface area contributed by atoms with Crippen molar-refractivity contribution in [3.8, 4) is 0 Å². The number of carbonyl (C=O) groups excluding carboxylic acids is 1. The third kappa shape index (κ3) is 4.20. The van der Waals surface area contributed by atoms with E-state index in [0.29, 0.717) is 25.6 Å². The van der Waals surface area contributed by atoms with Crippen LogP contribution in [0.5, 0.6) is 0 Å². The molecule has 18 heavy (non-hydrogen) atoms. The van der Waals surface area contributed by atoms with Crippen molar-refractivity contribution in [2.75, 3.05) is 19.6 Å². The highest BCUT2D eigenvalue weighted by Gasteiger charge is 2.35. The van der Waals surface area contributed by atoms with E-state index in [1.807, 2.05) is 0 Å². The molecule has 2 amide bonds. The lowest BCUT2D eigenvalue weighted by Gasteiger charge is -2.36. The maximum Gasteiger partial charge on any atom is 0.317 e. The molecule has 5 nitrogen and oxygen atoms in total. The predicted octanol–water partition coefficient (Wildman–Crippen LogP) is 1.93. The summed E-state index contributed by atoms with van der Waals surface area (Å²) in [5.74, 6) is -0.656. The molecule has 1 fully saturated rings. The fourth-order valence-corrected chi connectivity index (χ4v) is 2.09. The highest BCUT2D eigenvalue weighted by Crippen LogP contribution is 2.16. The molecule has 0 bridgehead atoms. The van der Waals surface area contributed by atoms with Crippen LogP contribution in [0.4, 0.5) is 4.79 Å². The third-order valence-corrected chi connectivity index (χ3v) is 3.60. The zero-order valence-corrected chi connectivity index (χ0v) is 11.3. The molecule has 0 aliphatic carbocycles. The monoisotopic (exact) mass is 256 g/mol. The summed E-state index contributed by atoms with van der Waals surface area (Å²) in [4.78, 5) is 23.9. The average Bonchev–Trinajstić information content (AvgIpc) is 2.26. The molecule has 1 atom stereocenters. The Morgan fingerprint density at radius 2 is 2.06 bits per heavy atom. The minimum absolute atomic E-state index is 0.123. The molecule has 1 aliphatic heterocycles. The Balaban J connectivity index is 2.19. The number of nitrogens with zero attached hydrogens (tertiary/aromatic N) is 1. The van der Waals surface area contributed by atoms with Gasteiger partial charge in [-0.2, -0.15) is 0 Å². The van der Waals surface area contributed by atoms with Gasteiger partial charge in [0.25, 0.3) is 0 Å². The molecule has 0 spiro atoms. The van der Waals surface area contributed by atoms with E-state index >= 15 is 0 Å². The van der Waals surface area contributed by atoms with Crippen LogP contribution in [0.25, 0.3) is 0 Å². The normalized spacial score (nSPS) is 17.1. The van der Waals surface area contributed by atoms with Gasteiger partial charge in [0.1, 0.15) is 0 Å². The minimum atomic E-state index is -0.812. The van der Waals surface area contributed by atoms with Gasteiger partial charge in [0.2, 0.25) is 0 Å². The molecule has 0 aromatic rings. The van der Waals surface area contributed by atoms with E-state index < -0.39 is 5.97 Å². The molecule has 1 unspecified atom stereocenters. The van der Waals surface area contributed by atoms with Gasteiger partial charge >= 0.3 is 12.0 Å². The van der Waals surface area contributed by atoms with Crippen molar-refractivity contribution in [3.05, 3.63) is 0 Å². The van der Waals surface area contributed by atoms with E-state index in [2.05, 4.69) is 19.2 Å². The molecule has 0 saturated carbocycles. The van der Waals surface area contributed by atoms with E-state index in [1.165, 1.54) is 12.8 Å². The van der Waals surface area contributed by atoms with Crippen molar-refractivity contribution in [2.24, 2.45) is 11.8 Å². The number of aliphatic carboxylic acids is 1. The van der Waals surface area contributed by atoms with Crippen molar-refractivity contribution in [2.45, 2.75) is 39.5 Å². The van der Waals surface area contributed by atoms with Crippen molar-refractivity contribution in [3.63, 3.8) is 0 Å². The smallest absolute Gasteiger partial charge is 0.317 e. The van der Waals surface area contributed by atoms with Crippen LogP contribution in [0, 0.1) is 11.8 Å². The van der Waals surface area contributed by atoms with E-state index in [-0.39, 0.29) is 11.9 Å². The standard InChI is InChI=1S/C13H24N2O3/c1-3-5-6-10(4-2)7-14-13(18)15-8-11(9-15)12(16)17/h10-11H,3-9H2,1-2H3,(H,14,18)(H,16,17). The van der Waals surface area contributed by atoms with Gasteiger partial charge in [-0.15, -0.1) is 0 Å². The van der Waals surface area contributed by atoms with Gasteiger partial charge in [0, 0.05) is 19.6 Å². The van der Waals surface area contributed by atoms with E-state index in [1.54, 1.807) is 4.90 Å². The first kappa shape index (κ1) is 14.8. The summed E-state index contributed by atoms with van der Waals surface area (Å²) in [6.45, 7) is 5.68. The summed E-state index contributed by atoms with van der Waals surface area (Å²) < 4.78 is 0. The molecular weight excluding hydrogens is 232 g/mol. The molecule has 2 N–H and O–H groups in total. The summed E-state index contributed by atoms with van der Waals surface area (Å²) in [7, 11) is 0. The van der Waals surface area contributed by atoms with Crippen LogP contribution < -0.4 is 5.32 Å². The van der Waals surface area contributed by atoms with Crippen molar-refractivity contribution >= 4 is 12.0 Å². The Morgan fingerprint density at radius 1 is 1.39 bits per heavy atom. The number of unbranched alkanes of at least 4 members (excludes halogenated alkanes) is 1. The van der Waals surface area contributed by atoms with Gasteiger partial charge in [0.05, 0.1) is 5.92 Å². The molecular formula is C13H24N2O3. The second kappa shape index (κ2) is 7.24. The fourth-order valence-electron chi connectivity index (χ4n) is 2.09. The Kier molecular flexibility index (Phi) is 5.95. The number of carboxylic acids is 1. The first-order valence-electron chi connectivity index (χ1n) is 6.84. The van der Waals surface area contributed by atoms with Crippen LogP contribution in [-0.2, 0) is 4.79 Å². The number of urea groups is 1. The topological polar surface area (TPSA) is 69.6 Å².